The van der Waals surface area contributed by atoms with Crippen molar-refractivity contribution in [1.29, 1.82) is 0 Å². The second-order valence-corrected chi connectivity index (χ2v) is 7.86. The lowest BCUT2D eigenvalue weighted by Gasteiger charge is -2.36. The monoisotopic (exact) mass is 440 g/mol. The number of hydrogen-bond donors (Lipinski definition) is 2. The van der Waals surface area contributed by atoms with Gasteiger partial charge in [0.2, 0.25) is 5.91 Å². The number of hydrogen-bond acceptors (Lipinski definition) is 1. The first-order valence-electron chi connectivity index (χ1n) is 9.70. The lowest BCUT2D eigenvalue weighted by molar-refractivity contribution is -0.153. The highest BCUT2D eigenvalue weighted by Crippen LogP contribution is 2.48. The Kier molecular flexibility index (Phi) is 5.45. The van der Waals surface area contributed by atoms with Gasteiger partial charge in [-0.2, -0.15) is 13.2 Å². The van der Waals surface area contributed by atoms with Crippen molar-refractivity contribution in [2.75, 3.05) is 6.54 Å². The molecule has 0 spiro atoms. The Balaban J connectivity index is 1.57. The summed E-state index contributed by atoms with van der Waals surface area (Å²) in [6.45, 7) is 0.0996. The Labute approximate surface area is 173 Å². The number of halogens is 6. The zero-order chi connectivity index (χ0) is 22.3. The molecule has 0 atom stereocenters. The van der Waals surface area contributed by atoms with Crippen molar-refractivity contribution in [3.8, 4) is 11.3 Å². The molecule has 9 heteroatoms. The second kappa shape index (κ2) is 7.94. The van der Waals surface area contributed by atoms with E-state index in [1.54, 1.807) is 0 Å². The van der Waals surface area contributed by atoms with Crippen LogP contribution in [0.15, 0.2) is 36.4 Å². The number of aromatic nitrogens is 1. The van der Waals surface area contributed by atoms with E-state index >= 15 is 0 Å². The molecule has 164 valence electrons. The van der Waals surface area contributed by atoms with Gasteiger partial charge in [0, 0.05) is 18.0 Å². The number of amides is 1. The summed E-state index contributed by atoms with van der Waals surface area (Å²) in [7, 11) is 0. The van der Waals surface area contributed by atoms with E-state index < -0.39 is 36.0 Å². The predicted octanol–water partition coefficient (Wildman–Crippen LogP) is 5.81. The van der Waals surface area contributed by atoms with Gasteiger partial charge in [0.05, 0.1) is 11.2 Å². The number of H-pyrrole nitrogens is 1. The number of alkyl halides is 3. The van der Waals surface area contributed by atoms with Crippen LogP contribution in [-0.2, 0) is 4.79 Å². The van der Waals surface area contributed by atoms with E-state index in [-0.39, 0.29) is 23.9 Å². The summed E-state index contributed by atoms with van der Waals surface area (Å²) < 4.78 is 78.4. The molecule has 1 amide bonds. The molecule has 0 aliphatic heterocycles. The zero-order valence-corrected chi connectivity index (χ0v) is 16.1. The SMILES string of the molecule is O=C(CC(F)(F)F)NC[C@H]1C[C@H](c2c(-c3ccc(F)cc3)[nH]c3c(F)cc(F)cc32)C1. The fourth-order valence-electron chi connectivity index (χ4n) is 4.15. The van der Waals surface area contributed by atoms with E-state index in [1.807, 2.05) is 0 Å². The molecule has 1 fully saturated rings. The number of carbonyl (C=O) groups excluding carboxylic acids is 1. The van der Waals surface area contributed by atoms with Gasteiger partial charge in [-0.15, -0.1) is 0 Å². The van der Waals surface area contributed by atoms with E-state index in [9.17, 15) is 31.1 Å². The molecule has 2 aromatic carbocycles. The molecule has 2 N–H and O–H groups in total. The van der Waals surface area contributed by atoms with Crippen LogP contribution in [0.2, 0.25) is 0 Å². The molecule has 1 aromatic heterocycles. The van der Waals surface area contributed by atoms with Crippen LogP contribution < -0.4 is 5.32 Å². The summed E-state index contributed by atoms with van der Waals surface area (Å²) in [6, 6.07) is 7.60. The topological polar surface area (TPSA) is 44.9 Å². The summed E-state index contributed by atoms with van der Waals surface area (Å²) in [5, 5.41) is 2.66. The predicted molar refractivity (Wildman–Crippen MR) is 103 cm³/mol. The molecule has 3 aromatic rings. The molecule has 1 aliphatic rings. The van der Waals surface area contributed by atoms with Gasteiger partial charge in [0.25, 0.3) is 0 Å². The van der Waals surface area contributed by atoms with Crippen molar-refractivity contribution >= 4 is 16.8 Å². The molecule has 1 aliphatic carbocycles. The Bertz CT molecular complexity index is 1110. The number of rotatable bonds is 5. The van der Waals surface area contributed by atoms with Crippen molar-refractivity contribution in [2.45, 2.75) is 31.4 Å². The molecule has 3 nitrogen and oxygen atoms in total. The van der Waals surface area contributed by atoms with E-state index in [4.69, 9.17) is 0 Å². The molecule has 1 heterocycles. The summed E-state index contributed by atoms with van der Waals surface area (Å²) in [5.41, 5.74) is 1.97. The van der Waals surface area contributed by atoms with Crippen molar-refractivity contribution in [1.82, 2.24) is 10.3 Å². The Morgan fingerprint density at radius 2 is 1.71 bits per heavy atom. The van der Waals surface area contributed by atoms with E-state index in [2.05, 4.69) is 10.3 Å². The zero-order valence-electron chi connectivity index (χ0n) is 16.1. The highest BCUT2D eigenvalue weighted by Gasteiger charge is 2.36. The van der Waals surface area contributed by atoms with Crippen LogP contribution in [-0.4, -0.2) is 23.6 Å². The molecule has 0 unspecified atom stereocenters. The third-order valence-electron chi connectivity index (χ3n) is 5.59. The van der Waals surface area contributed by atoms with Crippen LogP contribution in [0.5, 0.6) is 0 Å². The van der Waals surface area contributed by atoms with Crippen LogP contribution in [0.25, 0.3) is 22.2 Å². The van der Waals surface area contributed by atoms with Crippen LogP contribution in [0.3, 0.4) is 0 Å². The summed E-state index contributed by atoms with van der Waals surface area (Å²) in [5.74, 6) is -3.16. The molecule has 0 saturated heterocycles. The summed E-state index contributed by atoms with van der Waals surface area (Å²) in [4.78, 5) is 14.4. The summed E-state index contributed by atoms with van der Waals surface area (Å²) >= 11 is 0. The average Bonchev–Trinajstić information content (AvgIpc) is 2.99. The van der Waals surface area contributed by atoms with Crippen LogP contribution >= 0.6 is 0 Å². The number of nitrogens with one attached hydrogen (secondary N) is 2. The van der Waals surface area contributed by atoms with E-state index in [1.165, 1.54) is 30.3 Å². The number of carbonyl (C=O) groups is 1. The normalized spacial score (nSPS) is 18.8. The first kappa shape index (κ1) is 21.3. The van der Waals surface area contributed by atoms with Gasteiger partial charge >= 0.3 is 6.18 Å². The lowest BCUT2D eigenvalue weighted by Crippen LogP contribution is -2.37. The molecule has 1 saturated carbocycles. The van der Waals surface area contributed by atoms with Gasteiger partial charge in [0.1, 0.15) is 23.9 Å². The second-order valence-electron chi connectivity index (χ2n) is 7.86. The Hall–Kier alpha value is -2.97. The van der Waals surface area contributed by atoms with Crippen LogP contribution in [0.1, 0.15) is 30.7 Å². The Morgan fingerprint density at radius 3 is 2.35 bits per heavy atom. The van der Waals surface area contributed by atoms with Gasteiger partial charge in [-0.05, 0) is 66.1 Å². The maximum atomic E-state index is 14.4. The van der Waals surface area contributed by atoms with Gasteiger partial charge in [0.15, 0.2) is 0 Å². The molecule has 0 bridgehead atoms. The lowest BCUT2D eigenvalue weighted by atomic mass is 9.70. The fraction of sp³-hybridized carbons (Fsp3) is 0.318. The largest absolute Gasteiger partial charge is 0.397 e. The van der Waals surface area contributed by atoms with Crippen LogP contribution in [0.4, 0.5) is 26.3 Å². The Morgan fingerprint density at radius 1 is 1.03 bits per heavy atom. The minimum Gasteiger partial charge on any atom is -0.356 e. The van der Waals surface area contributed by atoms with Crippen molar-refractivity contribution in [3.05, 3.63) is 59.4 Å². The maximum absolute atomic E-state index is 14.4. The quantitative estimate of drug-likeness (QED) is 0.483. The third kappa shape index (κ3) is 4.55. The standard InChI is InChI=1S/C22H18F6N2O/c23-14-3-1-12(2-4-14)20-19(16-7-15(24)8-17(25)21(16)30-20)13-5-11(6-13)10-29-18(31)9-22(26,27)28/h1-4,7-8,11,13,30H,5-6,9-10H2,(H,29,31)/t11-,13-. The van der Waals surface area contributed by atoms with Crippen LogP contribution in [0, 0.1) is 23.4 Å². The number of benzene rings is 2. The molecule has 0 radical (unpaired) electrons. The molecule has 31 heavy (non-hydrogen) atoms. The van der Waals surface area contributed by atoms with Crippen molar-refractivity contribution in [3.63, 3.8) is 0 Å². The summed E-state index contributed by atoms with van der Waals surface area (Å²) in [6.07, 6.45) is -5.02. The minimum atomic E-state index is -4.56. The van der Waals surface area contributed by atoms with E-state index in [0.717, 1.165) is 6.07 Å². The maximum Gasteiger partial charge on any atom is 0.397 e. The molecular weight excluding hydrogens is 422 g/mol. The highest BCUT2D eigenvalue weighted by atomic mass is 19.4. The smallest absolute Gasteiger partial charge is 0.356 e. The third-order valence-corrected chi connectivity index (χ3v) is 5.59. The fourth-order valence-corrected chi connectivity index (χ4v) is 4.15. The first-order chi connectivity index (χ1) is 14.6. The van der Waals surface area contributed by atoms with Crippen molar-refractivity contribution < 1.29 is 31.1 Å². The van der Waals surface area contributed by atoms with Gasteiger partial charge in [-0.3, -0.25) is 4.79 Å². The van der Waals surface area contributed by atoms with Gasteiger partial charge < -0.3 is 10.3 Å². The number of fused-ring (bicyclic) bond motifs is 1. The first-order valence-corrected chi connectivity index (χ1v) is 9.70. The van der Waals surface area contributed by atoms with E-state index in [0.29, 0.717) is 35.0 Å². The molecule has 4 rings (SSSR count). The van der Waals surface area contributed by atoms with Gasteiger partial charge in [-0.25, -0.2) is 13.2 Å². The number of aromatic amines is 1. The van der Waals surface area contributed by atoms with Gasteiger partial charge in [-0.1, -0.05) is 0 Å². The minimum absolute atomic E-state index is 0.0494. The molecular formula is C22H18F6N2O. The highest BCUT2D eigenvalue weighted by molar-refractivity contribution is 5.92. The average molecular weight is 440 g/mol. The van der Waals surface area contributed by atoms with Crippen molar-refractivity contribution in [2.24, 2.45) is 5.92 Å².